The average Bonchev–Trinajstić information content (AvgIpc) is 2.72. The molecule has 20 heavy (non-hydrogen) atoms. The lowest BCUT2D eigenvalue weighted by atomic mass is 10.4. The summed E-state index contributed by atoms with van der Waals surface area (Å²) in [4.78, 5) is 18.9. The molecule has 0 unspecified atom stereocenters. The van der Waals surface area contributed by atoms with Crippen molar-refractivity contribution in [3.8, 4) is 0 Å². The van der Waals surface area contributed by atoms with Gasteiger partial charge in [-0.1, -0.05) is 19.6 Å². The molecule has 0 radical (unpaired) electrons. The number of nitrogens with zero attached hydrogens (tertiary/aromatic N) is 3. The summed E-state index contributed by atoms with van der Waals surface area (Å²) in [7, 11) is -1.76. The summed E-state index contributed by atoms with van der Waals surface area (Å²) >= 11 is 0. The Morgan fingerprint density at radius 1 is 1.50 bits per heavy atom. The van der Waals surface area contributed by atoms with E-state index in [9.17, 15) is 9.18 Å². The highest BCUT2D eigenvalue weighted by molar-refractivity contribution is 6.83. The van der Waals surface area contributed by atoms with E-state index in [4.69, 9.17) is 5.11 Å². The molecule has 0 bridgehead atoms. The van der Waals surface area contributed by atoms with Crippen LogP contribution in [0, 0.1) is 5.95 Å². The first-order valence-electron chi connectivity index (χ1n) is 5.88. The number of hydrogen-bond donors (Lipinski definition) is 2. The van der Waals surface area contributed by atoms with Gasteiger partial charge in [-0.05, 0) is 12.1 Å². The Morgan fingerprint density at radius 2 is 2.20 bits per heavy atom. The van der Waals surface area contributed by atoms with Gasteiger partial charge in [0.15, 0.2) is 0 Å². The van der Waals surface area contributed by atoms with Gasteiger partial charge in [-0.2, -0.15) is 4.39 Å². The lowest BCUT2D eigenvalue weighted by molar-refractivity contribution is -0.142. The van der Waals surface area contributed by atoms with Gasteiger partial charge >= 0.3 is 6.16 Å². The van der Waals surface area contributed by atoms with E-state index >= 15 is 0 Å². The first kappa shape index (κ1) is 14.3. The molecule has 9 heteroatoms. The molecule has 1 aliphatic heterocycles. The molecule has 7 nitrogen and oxygen atoms in total. The van der Waals surface area contributed by atoms with Crippen molar-refractivity contribution < 1.29 is 19.1 Å². The SMILES string of the molecule is C[Si](C)(C)C1=CN(c2cccnc2F)N(OC(=O)O)N1. The number of aromatic nitrogens is 1. The second-order valence-corrected chi connectivity index (χ2v) is 10.2. The number of anilines is 1. The number of carbonyl (C=O) groups is 1. The maximum absolute atomic E-state index is 13.7. The Kier molecular flexibility index (Phi) is 3.64. The summed E-state index contributed by atoms with van der Waals surface area (Å²) in [5.74, 6) is -0.721. The summed E-state index contributed by atoms with van der Waals surface area (Å²) < 4.78 is 13.7. The second-order valence-electron chi connectivity index (χ2n) is 5.19. The highest BCUT2D eigenvalue weighted by Crippen LogP contribution is 2.26. The van der Waals surface area contributed by atoms with E-state index in [0.29, 0.717) is 0 Å². The molecule has 2 N–H and O–H groups in total. The third-order valence-corrected chi connectivity index (χ3v) is 4.48. The lowest BCUT2D eigenvalue weighted by Crippen LogP contribution is -2.46. The van der Waals surface area contributed by atoms with E-state index in [1.165, 1.54) is 17.3 Å². The van der Waals surface area contributed by atoms with Gasteiger partial charge in [-0.3, -0.25) is 10.3 Å². The van der Waals surface area contributed by atoms with Crippen molar-refractivity contribution in [2.24, 2.45) is 0 Å². The van der Waals surface area contributed by atoms with Crippen LogP contribution in [0.5, 0.6) is 0 Å². The van der Waals surface area contributed by atoms with Gasteiger partial charge in [0.25, 0.3) is 0 Å². The van der Waals surface area contributed by atoms with Crippen LogP contribution in [-0.4, -0.2) is 29.6 Å². The van der Waals surface area contributed by atoms with Gasteiger partial charge in [-0.15, -0.1) is 0 Å². The van der Waals surface area contributed by atoms with Crippen molar-refractivity contribution in [2.75, 3.05) is 5.01 Å². The molecule has 0 atom stereocenters. The molecule has 108 valence electrons. The van der Waals surface area contributed by atoms with E-state index < -0.39 is 20.2 Å². The quantitative estimate of drug-likeness (QED) is 0.653. The fourth-order valence-corrected chi connectivity index (χ4v) is 2.52. The first-order valence-corrected chi connectivity index (χ1v) is 9.38. The largest absolute Gasteiger partial charge is 0.528 e. The molecular weight excluding hydrogens is 283 g/mol. The van der Waals surface area contributed by atoms with Crippen LogP contribution in [0.2, 0.25) is 19.6 Å². The van der Waals surface area contributed by atoms with Crippen LogP contribution in [-0.2, 0) is 4.84 Å². The summed E-state index contributed by atoms with van der Waals surface area (Å²) in [6, 6.07) is 3.03. The van der Waals surface area contributed by atoms with Crippen LogP contribution in [0.1, 0.15) is 0 Å². The van der Waals surface area contributed by atoms with E-state index in [1.54, 1.807) is 12.3 Å². The van der Waals surface area contributed by atoms with Crippen molar-refractivity contribution in [3.63, 3.8) is 0 Å². The third-order valence-electron chi connectivity index (χ3n) is 2.62. The van der Waals surface area contributed by atoms with Crippen LogP contribution in [0.4, 0.5) is 14.9 Å². The van der Waals surface area contributed by atoms with E-state index in [1.807, 2.05) is 0 Å². The lowest BCUT2D eigenvalue weighted by Gasteiger charge is -2.25. The summed E-state index contributed by atoms with van der Waals surface area (Å²) in [6.07, 6.45) is 1.43. The maximum atomic E-state index is 13.7. The molecule has 2 rings (SSSR count). The highest BCUT2D eigenvalue weighted by Gasteiger charge is 2.34. The fraction of sp³-hybridized carbons (Fsp3) is 0.273. The van der Waals surface area contributed by atoms with Crippen LogP contribution in [0.15, 0.2) is 29.8 Å². The summed E-state index contributed by atoms with van der Waals surface area (Å²) in [5, 5.41) is 11.7. The molecule has 0 saturated carbocycles. The minimum atomic E-state index is -1.76. The first-order chi connectivity index (χ1) is 9.29. The Bertz CT molecular complexity index is 561. The molecule has 0 fully saturated rings. The van der Waals surface area contributed by atoms with E-state index in [-0.39, 0.29) is 5.69 Å². The molecule has 1 aromatic rings. The second kappa shape index (κ2) is 5.10. The predicted molar refractivity (Wildman–Crippen MR) is 72.2 cm³/mol. The van der Waals surface area contributed by atoms with Crippen molar-refractivity contribution in [3.05, 3.63) is 35.8 Å². The Labute approximate surface area is 116 Å². The number of hydrazine groups is 2. The number of rotatable bonds is 3. The Morgan fingerprint density at radius 3 is 2.75 bits per heavy atom. The zero-order valence-electron chi connectivity index (χ0n) is 11.3. The predicted octanol–water partition coefficient (Wildman–Crippen LogP) is 2.09. The normalized spacial score (nSPS) is 15.8. The molecule has 0 amide bonds. The van der Waals surface area contributed by atoms with Crippen molar-refractivity contribution in [2.45, 2.75) is 19.6 Å². The van der Waals surface area contributed by atoms with Crippen molar-refractivity contribution in [1.82, 2.24) is 15.7 Å². The van der Waals surface area contributed by atoms with Gasteiger partial charge in [-0.25, -0.2) is 14.8 Å². The number of hydrogen-bond acceptors (Lipinski definition) is 6. The molecule has 0 spiro atoms. The van der Waals surface area contributed by atoms with E-state index in [0.717, 1.165) is 10.6 Å². The molecule has 1 aliphatic rings. The number of nitrogens with one attached hydrogen (secondary N) is 1. The molecule has 2 heterocycles. The van der Waals surface area contributed by atoms with Crippen molar-refractivity contribution in [1.29, 1.82) is 0 Å². The van der Waals surface area contributed by atoms with Crippen molar-refractivity contribution >= 4 is 19.9 Å². The maximum Gasteiger partial charge on any atom is 0.528 e. The molecular formula is C11H15FN4O3Si. The minimum absolute atomic E-state index is 0.0921. The highest BCUT2D eigenvalue weighted by atomic mass is 28.3. The van der Waals surface area contributed by atoms with Gasteiger partial charge in [0.05, 0.1) is 5.28 Å². The van der Waals surface area contributed by atoms with Crippen LogP contribution in [0.3, 0.4) is 0 Å². The number of halogens is 1. The molecule has 0 saturated heterocycles. The van der Waals surface area contributed by atoms with Crippen LogP contribution < -0.4 is 10.4 Å². The summed E-state index contributed by atoms with van der Waals surface area (Å²) in [5.41, 5.74) is 2.91. The molecule has 0 aromatic carbocycles. The third kappa shape index (κ3) is 2.88. The monoisotopic (exact) mass is 298 g/mol. The topological polar surface area (TPSA) is 77.9 Å². The average molecular weight is 298 g/mol. The standard InChI is InChI=1S/C11H15FN4O3Si/c1-20(2,3)9-7-15(16(14-9)19-11(17)18)8-5-4-6-13-10(8)12/h4-7,14H,1-3H3,(H,17,18). The number of pyridine rings is 1. The van der Waals surface area contributed by atoms with E-state index in [2.05, 4.69) is 34.9 Å². The fourth-order valence-electron chi connectivity index (χ4n) is 1.58. The molecule has 1 aromatic heterocycles. The Hall–Kier alpha value is -2.13. The van der Waals surface area contributed by atoms with Crippen LogP contribution >= 0.6 is 0 Å². The zero-order valence-corrected chi connectivity index (χ0v) is 12.3. The van der Waals surface area contributed by atoms with Gasteiger partial charge in [0, 0.05) is 17.7 Å². The zero-order chi connectivity index (χ0) is 14.9. The summed E-state index contributed by atoms with van der Waals surface area (Å²) in [6.45, 7) is 6.19. The number of carboxylic acid groups (broad SMARTS) is 1. The van der Waals surface area contributed by atoms with Gasteiger partial charge < -0.3 is 5.11 Å². The van der Waals surface area contributed by atoms with Gasteiger partial charge in [0.2, 0.25) is 5.95 Å². The minimum Gasteiger partial charge on any atom is -0.448 e. The molecule has 0 aliphatic carbocycles. The van der Waals surface area contributed by atoms with Crippen LogP contribution in [0.25, 0.3) is 0 Å². The van der Waals surface area contributed by atoms with Gasteiger partial charge in [0.1, 0.15) is 13.8 Å². The smallest absolute Gasteiger partial charge is 0.448 e. The Balaban J connectivity index is 2.37.